The first-order valence-electron chi connectivity index (χ1n) is 10.5. The van der Waals surface area contributed by atoms with Crippen LogP contribution in [0.25, 0.3) is 45.6 Å². The predicted molar refractivity (Wildman–Crippen MR) is 130 cm³/mol. The van der Waals surface area contributed by atoms with Gasteiger partial charge < -0.3 is 30.4 Å². The number of hydrogen-bond acceptors (Lipinski definition) is 6. The Bertz CT molecular complexity index is 1700. The van der Waals surface area contributed by atoms with Gasteiger partial charge in [-0.15, -0.1) is 0 Å². The van der Waals surface area contributed by atoms with Crippen molar-refractivity contribution >= 4 is 45.6 Å². The molecule has 1 aromatic carbocycles. The van der Waals surface area contributed by atoms with E-state index in [9.17, 15) is 20.4 Å². The Morgan fingerprint density at radius 1 is 0.657 bits per heavy atom. The van der Waals surface area contributed by atoms with Crippen LogP contribution in [0.15, 0.2) is 60.7 Å². The Labute approximate surface area is 208 Å². The van der Waals surface area contributed by atoms with Gasteiger partial charge in [-0.3, -0.25) is 0 Å². The van der Waals surface area contributed by atoms with Gasteiger partial charge in [-0.2, -0.15) is 0 Å². The smallest absolute Gasteiger partial charge is 0.187 e. The van der Waals surface area contributed by atoms with Crippen molar-refractivity contribution in [3.8, 4) is 17.2 Å². The Morgan fingerprint density at radius 3 is 2.09 bits per heavy atom. The molecule has 0 saturated carbocycles. The third-order valence-corrected chi connectivity index (χ3v) is 5.75. The van der Waals surface area contributed by atoms with Crippen LogP contribution in [-0.4, -0.2) is 40.4 Å². The molecule has 2 aliphatic heterocycles. The summed E-state index contributed by atoms with van der Waals surface area (Å²) in [7, 11) is 0. The van der Waals surface area contributed by atoms with E-state index in [-0.39, 0.29) is 39.3 Å². The van der Waals surface area contributed by atoms with E-state index in [1.54, 1.807) is 18.2 Å². The summed E-state index contributed by atoms with van der Waals surface area (Å²) < 4.78 is 0. The molecule has 4 aromatic rings. The Balaban J connectivity index is 0.00000253. The van der Waals surface area contributed by atoms with Crippen LogP contribution in [0.2, 0.25) is 0 Å². The molecule has 175 valence electrons. The number of nitrogens with zero attached hydrogens (tertiary/aromatic N) is 2. The van der Waals surface area contributed by atoms with Gasteiger partial charge >= 0.3 is 0 Å². The van der Waals surface area contributed by atoms with Gasteiger partial charge in [0.2, 0.25) is 0 Å². The van der Waals surface area contributed by atoms with E-state index in [0.717, 1.165) is 11.0 Å². The summed E-state index contributed by atoms with van der Waals surface area (Å²) in [5.41, 5.74) is 4.20. The number of benzene rings is 1. The average Bonchev–Trinajstić information content (AvgIpc) is 3.59. The predicted octanol–water partition coefficient (Wildman–Crippen LogP) is 5.07. The number of hydrogen-bond donors (Lipinski definition) is 6. The molecule has 8 bridgehead atoms. The van der Waals surface area contributed by atoms with Crippen molar-refractivity contribution < 1.29 is 37.2 Å². The molecule has 5 heterocycles. The fourth-order valence-electron chi connectivity index (χ4n) is 4.13. The maximum Gasteiger partial charge on any atom is 0.187 e. The van der Waals surface area contributed by atoms with Gasteiger partial charge in [0, 0.05) is 27.8 Å². The second kappa shape index (κ2) is 8.39. The van der Waals surface area contributed by atoms with Crippen molar-refractivity contribution in [3.63, 3.8) is 0 Å². The number of fused-ring (bicyclic) bond motifs is 8. The zero-order chi connectivity index (χ0) is 23.4. The summed E-state index contributed by atoms with van der Waals surface area (Å²) in [4.78, 5) is 15.1. The number of aliphatic hydroxyl groups is 1. The van der Waals surface area contributed by atoms with Gasteiger partial charge in [0.05, 0.1) is 28.2 Å². The van der Waals surface area contributed by atoms with Crippen molar-refractivity contribution in [2.75, 3.05) is 0 Å². The molecule has 2 aliphatic rings. The van der Waals surface area contributed by atoms with Crippen LogP contribution < -0.4 is 0 Å². The number of aromatic hydroxyl groups is 3. The summed E-state index contributed by atoms with van der Waals surface area (Å²) in [5, 5.41) is 43.1. The van der Waals surface area contributed by atoms with Crippen molar-refractivity contribution in [2.45, 2.75) is 0 Å². The van der Waals surface area contributed by atoms with Crippen molar-refractivity contribution in [3.05, 3.63) is 89.0 Å². The molecule has 9 heteroatoms. The van der Waals surface area contributed by atoms with E-state index < -0.39 is 17.2 Å². The Morgan fingerprint density at radius 2 is 1.34 bits per heavy atom. The van der Waals surface area contributed by atoms with Crippen LogP contribution >= 0.6 is 0 Å². The largest absolute Gasteiger partial charge is 0.505 e. The quantitative estimate of drug-likeness (QED) is 0.187. The molecule has 0 unspecified atom stereocenters. The third-order valence-electron chi connectivity index (χ3n) is 5.75. The standard InChI is InChI=1S/C26H18N4O4.Co/c31-23-19-12-17-9-7-15(28-17)10-14-6-8-16(27-14)11-18-20(13-4-2-1-3-5-13)24(32)21(29-18)25(33)22(30-19)26(23)34;/h1-12,27,30-34H;. The summed E-state index contributed by atoms with van der Waals surface area (Å²) >= 11 is 0. The maximum absolute atomic E-state index is 11.1. The SMILES string of the molecule is OC1=C(c2ccccc2)c2cc3ccc(cc4nc(cc5[nH]c(c(O)c1n2)c(O)c5O)C=C4)[nH]3.[Co]. The summed E-state index contributed by atoms with van der Waals surface area (Å²) in [6.07, 6.45) is 3.59. The van der Waals surface area contributed by atoms with Gasteiger partial charge in [-0.25, -0.2) is 9.97 Å². The van der Waals surface area contributed by atoms with Crippen LogP contribution in [0.5, 0.6) is 17.2 Å². The van der Waals surface area contributed by atoms with Crippen molar-refractivity contribution in [1.29, 1.82) is 0 Å². The summed E-state index contributed by atoms with van der Waals surface area (Å²) in [6.45, 7) is 0. The second-order valence-corrected chi connectivity index (χ2v) is 7.99. The zero-order valence-electron chi connectivity index (χ0n) is 17.9. The van der Waals surface area contributed by atoms with E-state index in [2.05, 4.69) is 19.9 Å². The topological polar surface area (TPSA) is 138 Å². The van der Waals surface area contributed by atoms with E-state index in [0.29, 0.717) is 28.2 Å². The van der Waals surface area contributed by atoms with Gasteiger partial charge in [0.1, 0.15) is 5.52 Å². The molecule has 3 aromatic heterocycles. The number of aromatic amines is 2. The van der Waals surface area contributed by atoms with Crippen LogP contribution in [0.4, 0.5) is 0 Å². The van der Waals surface area contributed by atoms with Crippen molar-refractivity contribution in [2.24, 2.45) is 0 Å². The number of H-pyrrole nitrogens is 2. The zero-order valence-corrected chi connectivity index (χ0v) is 19.0. The Kier molecular flexibility index (Phi) is 5.35. The molecule has 0 atom stereocenters. The van der Waals surface area contributed by atoms with E-state index in [1.165, 1.54) is 0 Å². The molecule has 6 rings (SSSR count). The monoisotopic (exact) mass is 509 g/mol. The normalized spacial score (nSPS) is 12.6. The third kappa shape index (κ3) is 3.72. The van der Waals surface area contributed by atoms with Gasteiger partial charge in [0.25, 0.3) is 0 Å². The van der Waals surface area contributed by atoms with Crippen LogP contribution in [0, 0.1) is 0 Å². The summed E-state index contributed by atoms with van der Waals surface area (Å²) in [6, 6.07) is 18.1. The first kappa shape index (κ1) is 22.3. The minimum Gasteiger partial charge on any atom is -0.505 e. The molecular weight excluding hydrogens is 491 g/mol. The molecule has 8 nitrogen and oxygen atoms in total. The van der Waals surface area contributed by atoms with Crippen LogP contribution in [0.1, 0.15) is 28.3 Å². The molecule has 0 fully saturated rings. The number of aromatic nitrogens is 4. The average molecular weight is 509 g/mol. The molecule has 1 radical (unpaired) electrons. The van der Waals surface area contributed by atoms with Gasteiger partial charge in [-0.1, -0.05) is 30.3 Å². The van der Waals surface area contributed by atoms with Crippen LogP contribution in [0.3, 0.4) is 0 Å². The first-order chi connectivity index (χ1) is 16.5. The fraction of sp³-hybridized carbons (Fsp3) is 0. The van der Waals surface area contributed by atoms with E-state index >= 15 is 0 Å². The first-order valence-corrected chi connectivity index (χ1v) is 10.5. The second-order valence-electron chi connectivity index (χ2n) is 7.99. The van der Waals surface area contributed by atoms with Gasteiger partial charge in [0.15, 0.2) is 28.7 Å². The fourth-order valence-corrected chi connectivity index (χ4v) is 4.13. The van der Waals surface area contributed by atoms with E-state index in [1.807, 2.05) is 54.6 Å². The molecule has 0 amide bonds. The number of aliphatic hydroxyl groups excluding tert-OH is 1. The molecule has 0 aliphatic carbocycles. The number of rotatable bonds is 1. The molecule has 0 spiro atoms. The Hall–Kier alpha value is -4.47. The molecule has 6 N–H and O–H groups in total. The van der Waals surface area contributed by atoms with Crippen molar-refractivity contribution in [1.82, 2.24) is 19.9 Å². The van der Waals surface area contributed by atoms with E-state index in [4.69, 9.17) is 0 Å². The number of nitrogens with one attached hydrogen (secondary N) is 2. The minimum atomic E-state index is -0.561. The minimum absolute atomic E-state index is 0. The molecule has 0 saturated heterocycles. The molecular formula is C26H18CoN4O4. The van der Waals surface area contributed by atoms with Gasteiger partial charge in [-0.05, 0) is 48.0 Å². The maximum atomic E-state index is 11.1. The van der Waals surface area contributed by atoms with Crippen LogP contribution in [-0.2, 0) is 16.8 Å². The molecule has 35 heavy (non-hydrogen) atoms. The summed E-state index contributed by atoms with van der Waals surface area (Å²) in [5.74, 6) is -1.77.